The summed E-state index contributed by atoms with van der Waals surface area (Å²) in [5, 5.41) is 10.7. The Morgan fingerprint density at radius 3 is 2.44 bits per heavy atom. The lowest BCUT2D eigenvalue weighted by Crippen LogP contribution is -2.32. The topological polar surface area (TPSA) is 72.4 Å². The molecule has 0 aliphatic carbocycles. The van der Waals surface area contributed by atoms with Crippen LogP contribution in [-0.4, -0.2) is 22.9 Å². The lowest BCUT2D eigenvalue weighted by atomic mass is 10.0. The van der Waals surface area contributed by atoms with Crippen LogP contribution >= 0.6 is 0 Å². The fourth-order valence-electron chi connectivity index (χ4n) is 1.81. The van der Waals surface area contributed by atoms with Crippen molar-refractivity contribution in [1.29, 1.82) is 0 Å². The van der Waals surface area contributed by atoms with Gasteiger partial charge in [-0.05, 0) is 31.5 Å². The number of nitro benzene ring substituents is 1. The molecule has 1 unspecified atom stereocenters. The van der Waals surface area contributed by atoms with Gasteiger partial charge in [-0.3, -0.25) is 15.0 Å². The van der Waals surface area contributed by atoms with E-state index < -0.39 is 4.92 Å². The van der Waals surface area contributed by atoms with Gasteiger partial charge in [0.1, 0.15) is 5.69 Å². The van der Waals surface area contributed by atoms with E-state index in [0.29, 0.717) is 12.0 Å². The number of nitrogens with zero attached hydrogens (tertiary/aromatic N) is 2. The molecule has 0 radical (unpaired) electrons. The molecule has 1 rings (SSSR count). The molecule has 0 saturated carbocycles. The van der Waals surface area contributed by atoms with Gasteiger partial charge in [0.15, 0.2) is 0 Å². The minimum absolute atomic E-state index is 0.0293. The second-order valence-electron chi connectivity index (χ2n) is 5.05. The zero-order chi connectivity index (χ0) is 13.9. The fourth-order valence-corrected chi connectivity index (χ4v) is 1.81. The molecule has 0 aromatic heterocycles. The first-order valence-electron chi connectivity index (χ1n) is 6.06. The number of rotatable bonds is 5. The number of benzene rings is 1. The van der Waals surface area contributed by atoms with Gasteiger partial charge in [0, 0.05) is 18.7 Å². The number of nitrogen functional groups attached to an aromatic ring is 1. The molecule has 0 heterocycles. The van der Waals surface area contributed by atoms with Crippen molar-refractivity contribution in [2.45, 2.75) is 33.4 Å². The first-order valence-corrected chi connectivity index (χ1v) is 6.06. The Morgan fingerprint density at radius 1 is 1.39 bits per heavy atom. The van der Waals surface area contributed by atoms with Gasteiger partial charge in [-0.1, -0.05) is 19.9 Å². The molecule has 1 aromatic carbocycles. The SMILES string of the molecule is CC(C)C(C)N(C)Cc1ccc([N+](=O)[O-])c(N)c1. The van der Waals surface area contributed by atoms with E-state index in [4.69, 9.17) is 5.73 Å². The van der Waals surface area contributed by atoms with Gasteiger partial charge in [0.25, 0.3) is 5.69 Å². The Bertz CT molecular complexity index is 432. The van der Waals surface area contributed by atoms with E-state index in [1.54, 1.807) is 12.1 Å². The maximum absolute atomic E-state index is 10.7. The van der Waals surface area contributed by atoms with Gasteiger partial charge in [0.2, 0.25) is 0 Å². The van der Waals surface area contributed by atoms with Crippen LogP contribution in [0.3, 0.4) is 0 Å². The van der Waals surface area contributed by atoms with Crippen molar-refractivity contribution in [3.8, 4) is 0 Å². The van der Waals surface area contributed by atoms with Crippen LogP contribution in [-0.2, 0) is 6.54 Å². The van der Waals surface area contributed by atoms with E-state index in [2.05, 4.69) is 25.7 Å². The average molecular weight is 251 g/mol. The zero-order valence-corrected chi connectivity index (χ0v) is 11.4. The standard InChI is InChI=1S/C13H21N3O2/c1-9(2)10(3)15(4)8-11-5-6-13(16(17)18)12(14)7-11/h5-7,9-10H,8,14H2,1-4H3. The van der Waals surface area contributed by atoms with Gasteiger partial charge in [-0.15, -0.1) is 0 Å². The minimum atomic E-state index is -0.459. The maximum Gasteiger partial charge on any atom is 0.292 e. The first kappa shape index (κ1) is 14.4. The molecule has 0 bridgehead atoms. The van der Waals surface area contributed by atoms with E-state index in [9.17, 15) is 10.1 Å². The third kappa shape index (κ3) is 3.43. The highest BCUT2D eigenvalue weighted by molar-refractivity contribution is 5.59. The van der Waals surface area contributed by atoms with Crippen LogP contribution in [0.4, 0.5) is 11.4 Å². The molecule has 0 spiro atoms. The highest BCUT2D eigenvalue weighted by atomic mass is 16.6. The van der Waals surface area contributed by atoms with Crippen molar-refractivity contribution in [2.75, 3.05) is 12.8 Å². The van der Waals surface area contributed by atoms with Gasteiger partial charge >= 0.3 is 0 Å². The summed E-state index contributed by atoms with van der Waals surface area (Å²) in [5.74, 6) is 0.561. The Hall–Kier alpha value is -1.62. The van der Waals surface area contributed by atoms with E-state index in [1.807, 2.05) is 7.05 Å². The molecule has 2 N–H and O–H groups in total. The lowest BCUT2D eigenvalue weighted by molar-refractivity contribution is -0.383. The molecule has 1 atom stereocenters. The predicted molar refractivity (Wildman–Crippen MR) is 73.3 cm³/mol. The van der Waals surface area contributed by atoms with E-state index >= 15 is 0 Å². The van der Waals surface area contributed by atoms with Crippen molar-refractivity contribution in [1.82, 2.24) is 4.90 Å². The molecule has 1 aromatic rings. The molecule has 18 heavy (non-hydrogen) atoms. The van der Waals surface area contributed by atoms with Crippen molar-refractivity contribution in [3.63, 3.8) is 0 Å². The van der Waals surface area contributed by atoms with E-state index in [0.717, 1.165) is 12.1 Å². The fraction of sp³-hybridized carbons (Fsp3) is 0.538. The molecule has 0 aliphatic heterocycles. The second-order valence-corrected chi connectivity index (χ2v) is 5.05. The summed E-state index contributed by atoms with van der Waals surface area (Å²) in [6, 6.07) is 5.36. The Kier molecular flexibility index (Phi) is 4.67. The highest BCUT2D eigenvalue weighted by Crippen LogP contribution is 2.23. The Labute approximate surface area is 108 Å². The molecule has 0 aliphatic rings. The number of hydrogen-bond donors (Lipinski definition) is 1. The number of nitrogens with two attached hydrogens (primary N) is 1. The summed E-state index contributed by atoms with van der Waals surface area (Å²) in [5.41, 5.74) is 6.86. The van der Waals surface area contributed by atoms with Gasteiger partial charge in [-0.2, -0.15) is 0 Å². The van der Waals surface area contributed by atoms with Crippen LogP contribution in [0.5, 0.6) is 0 Å². The average Bonchev–Trinajstić information content (AvgIpc) is 2.27. The number of anilines is 1. The van der Waals surface area contributed by atoms with Crippen molar-refractivity contribution in [2.24, 2.45) is 5.92 Å². The predicted octanol–water partition coefficient (Wildman–Crippen LogP) is 2.65. The smallest absolute Gasteiger partial charge is 0.292 e. The summed E-state index contributed by atoms with van der Waals surface area (Å²) in [4.78, 5) is 12.4. The minimum Gasteiger partial charge on any atom is -0.393 e. The van der Waals surface area contributed by atoms with E-state index in [1.165, 1.54) is 6.07 Å². The van der Waals surface area contributed by atoms with Gasteiger partial charge in [-0.25, -0.2) is 0 Å². The first-order chi connectivity index (χ1) is 8.32. The third-order valence-electron chi connectivity index (χ3n) is 3.38. The van der Waals surface area contributed by atoms with Crippen LogP contribution < -0.4 is 5.73 Å². The van der Waals surface area contributed by atoms with Crippen LogP contribution in [0.1, 0.15) is 26.3 Å². The normalized spacial score (nSPS) is 13.0. The molecular weight excluding hydrogens is 230 g/mol. The molecule has 5 nitrogen and oxygen atoms in total. The van der Waals surface area contributed by atoms with E-state index in [-0.39, 0.29) is 11.4 Å². The zero-order valence-electron chi connectivity index (χ0n) is 11.4. The van der Waals surface area contributed by atoms with Crippen molar-refractivity contribution >= 4 is 11.4 Å². The largest absolute Gasteiger partial charge is 0.393 e. The van der Waals surface area contributed by atoms with Crippen LogP contribution in [0.15, 0.2) is 18.2 Å². The molecule has 0 amide bonds. The van der Waals surface area contributed by atoms with Crippen molar-refractivity contribution in [3.05, 3.63) is 33.9 Å². The summed E-state index contributed by atoms with van der Waals surface area (Å²) in [7, 11) is 2.04. The third-order valence-corrected chi connectivity index (χ3v) is 3.38. The maximum atomic E-state index is 10.7. The second kappa shape index (κ2) is 5.82. The van der Waals surface area contributed by atoms with Gasteiger partial charge in [0.05, 0.1) is 4.92 Å². The molecule has 0 saturated heterocycles. The van der Waals surface area contributed by atoms with Crippen LogP contribution in [0, 0.1) is 16.0 Å². The summed E-state index contributed by atoms with van der Waals surface area (Å²) >= 11 is 0. The number of nitro groups is 1. The summed E-state index contributed by atoms with van der Waals surface area (Å²) in [6.07, 6.45) is 0. The quantitative estimate of drug-likeness (QED) is 0.496. The molecule has 5 heteroatoms. The monoisotopic (exact) mass is 251 g/mol. The Balaban J connectivity index is 2.80. The highest BCUT2D eigenvalue weighted by Gasteiger charge is 2.15. The molecule has 0 fully saturated rings. The lowest BCUT2D eigenvalue weighted by Gasteiger charge is -2.27. The molecule has 100 valence electrons. The number of hydrogen-bond acceptors (Lipinski definition) is 4. The molecular formula is C13H21N3O2. The van der Waals surface area contributed by atoms with Crippen LogP contribution in [0.25, 0.3) is 0 Å². The summed E-state index contributed by atoms with van der Waals surface area (Å²) in [6.45, 7) is 7.25. The van der Waals surface area contributed by atoms with Crippen LogP contribution in [0.2, 0.25) is 0 Å². The summed E-state index contributed by atoms with van der Waals surface area (Å²) < 4.78 is 0. The van der Waals surface area contributed by atoms with Crippen molar-refractivity contribution < 1.29 is 4.92 Å². The Morgan fingerprint density at radius 2 is 2.00 bits per heavy atom. The van der Waals surface area contributed by atoms with Gasteiger partial charge < -0.3 is 5.73 Å².